The summed E-state index contributed by atoms with van der Waals surface area (Å²) < 4.78 is 0. The van der Waals surface area contributed by atoms with Gasteiger partial charge in [0.05, 0.1) is 0 Å². The number of likely N-dealkylation sites (tertiary alicyclic amines) is 1. The quantitative estimate of drug-likeness (QED) is 0.809. The third-order valence-electron chi connectivity index (χ3n) is 4.82. The van der Waals surface area contributed by atoms with Gasteiger partial charge in [-0.3, -0.25) is 0 Å². The topological polar surface area (TPSA) is 15.3 Å². The fraction of sp³-hybridized carbons (Fsp3) is 1.00. The molecule has 1 aliphatic heterocycles. The van der Waals surface area contributed by atoms with Gasteiger partial charge in [-0.2, -0.15) is 0 Å². The van der Waals surface area contributed by atoms with Crippen LogP contribution < -0.4 is 5.32 Å². The van der Waals surface area contributed by atoms with Crippen LogP contribution in [-0.2, 0) is 0 Å². The first kappa shape index (κ1) is 14.3. The van der Waals surface area contributed by atoms with E-state index in [1.54, 1.807) is 0 Å². The van der Waals surface area contributed by atoms with E-state index >= 15 is 0 Å². The molecule has 0 aromatic carbocycles. The first-order valence-electron chi connectivity index (χ1n) is 8.11. The van der Waals surface area contributed by atoms with Crippen LogP contribution in [0.5, 0.6) is 0 Å². The molecule has 3 atom stereocenters. The lowest BCUT2D eigenvalue weighted by Crippen LogP contribution is -2.44. The molecule has 0 aromatic heterocycles. The lowest BCUT2D eigenvalue weighted by atomic mass is 9.75. The van der Waals surface area contributed by atoms with Gasteiger partial charge < -0.3 is 10.2 Å². The van der Waals surface area contributed by atoms with Gasteiger partial charge in [0.15, 0.2) is 0 Å². The molecular formula is C16H32N2. The largest absolute Gasteiger partial charge is 0.314 e. The predicted molar refractivity (Wildman–Crippen MR) is 78.8 cm³/mol. The van der Waals surface area contributed by atoms with Crippen LogP contribution in [-0.4, -0.2) is 37.1 Å². The monoisotopic (exact) mass is 252 g/mol. The molecule has 0 bridgehead atoms. The van der Waals surface area contributed by atoms with Crippen molar-refractivity contribution in [3.05, 3.63) is 0 Å². The van der Waals surface area contributed by atoms with Crippen molar-refractivity contribution in [3.63, 3.8) is 0 Å². The number of piperidine rings is 1. The Labute approximate surface area is 114 Å². The second-order valence-electron chi connectivity index (χ2n) is 7.02. The number of rotatable bonds is 5. The van der Waals surface area contributed by atoms with E-state index < -0.39 is 0 Å². The highest BCUT2D eigenvalue weighted by atomic mass is 15.1. The van der Waals surface area contributed by atoms with Gasteiger partial charge >= 0.3 is 0 Å². The third-order valence-corrected chi connectivity index (χ3v) is 4.82. The van der Waals surface area contributed by atoms with E-state index in [0.717, 1.165) is 17.8 Å². The summed E-state index contributed by atoms with van der Waals surface area (Å²) in [6.07, 6.45) is 7.47. The summed E-state index contributed by atoms with van der Waals surface area (Å²) in [5, 5.41) is 3.56. The van der Waals surface area contributed by atoms with Crippen LogP contribution in [0.4, 0.5) is 0 Å². The summed E-state index contributed by atoms with van der Waals surface area (Å²) in [6.45, 7) is 12.1. The molecule has 3 unspecified atom stereocenters. The third kappa shape index (κ3) is 4.24. The Balaban J connectivity index is 1.70. The smallest absolute Gasteiger partial charge is 0.00193 e. The highest BCUT2D eigenvalue weighted by Crippen LogP contribution is 2.36. The lowest BCUT2D eigenvalue weighted by Gasteiger charge is -2.42. The number of fused-ring (bicyclic) bond motifs is 1. The van der Waals surface area contributed by atoms with Crippen LogP contribution in [0.15, 0.2) is 0 Å². The van der Waals surface area contributed by atoms with E-state index in [9.17, 15) is 0 Å². The SMILES string of the molecule is CC(CNC(C)C)CN1CCC2CCCCC2C1. The van der Waals surface area contributed by atoms with E-state index in [4.69, 9.17) is 0 Å². The molecule has 0 spiro atoms. The Morgan fingerprint density at radius 3 is 2.50 bits per heavy atom. The molecule has 1 N–H and O–H groups in total. The van der Waals surface area contributed by atoms with E-state index in [0.29, 0.717) is 6.04 Å². The minimum atomic E-state index is 0.622. The molecule has 1 heterocycles. The van der Waals surface area contributed by atoms with Crippen molar-refractivity contribution < 1.29 is 0 Å². The number of hydrogen-bond donors (Lipinski definition) is 1. The summed E-state index contributed by atoms with van der Waals surface area (Å²) in [5.41, 5.74) is 0. The van der Waals surface area contributed by atoms with E-state index in [1.807, 2.05) is 0 Å². The lowest BCUT2D eigenvalue weighted by molar-refractivity contribution is 0.0771. The van der Waals surface area contributed by atoms with Crippen LogP contribution in [0.25, 0.3) is 0 Å². The van der Waals surface area contributed by atoms with Gasteiger partial charge in [-0.15, -0.1) is 0 Å². The van der Waals surface area contributed by atoms with Crippen molar-refractivity contribution >= 4 is 0 Å². The van der Waals surface area contributed by atoms with Crippen molar-refractivity contribution in [2.75, 3.05) is 26.2 Å². The standard InChI is InChI=1S/C16H32N2/c1-13(2)17-10-14(3)11-18-9-8-15-6-4-5-7-16(15)12-18/h13-17H,4-12H2,1-3H3. The van der Waals surface area contributed by atoms with Crippen molar-refractivity contribution in [2.45, 2.75) is 58.9 Å². The van der Waals surface area contributed by atoms with E-state index in [2.05, 4.69) is 31.0 Å². The van der Waals surface area contributed by atoms with Crippen LogP contribution >= 0.6 is 0 Å². The summed E-state index contributed by atoms with van der Waals surface area (Å²) in [4.78, 5) is 2.74. The van der Waals surface area contributed by atoms with Crippen LogP contribution in [0.1, 0.15) is 52.9 Å². The molecule has 1 saturated carbocycles. The van der Waals surface area contributed by atoms with Gasteiger partial charge in [0.2, 0.25) is 0 Å². The molecule has 0 aromatic rings. The van der Waals surface area contributed by atoms with E-state index in [-0.39, 0.29) is 0 Å². The minimum absolute atomic E-state index is 0.622. The van der Waals surface area contributed by atoms with Crippen molar-refractivity contribution in [2.24, 2.45) is 17.8 Å². The van der Waals surface area contributed by atoms with E-state index in [1.165, 1.54) is 58.3 Å². The predicted octanol–water partition coefficient (Wildman–Crippen LogP) is 3.13. The molecule has 2 fully saturated rings. The van der Waals surface area contributed by atoms with Gasteiger partial charge in [0.25, 0.3) is 0 Å². The fourth-order valence-electron chi connectivity index (χ4n) is 3.78. The second-order valence-corrected chi connectivity index (χ2v) is 7.02. The molecule has 1 saturated heterocycles. The van der Waals surface area contributed by atoms with Crippen molar-refractivity contribution in [1.29, 1.82) is 0 Å². The Bertz CT molecular complexity index is 239. The number of hydrogen-bond acceptors (Lipinski definition) is 2. The van der Waals surface area contributed by atoms with Crippen LogP contribution in [0.3, 0.4) is 0 Å². The van der Waals surface area contributed by atoms with Crippen LogP contribution in [0.2, 0.25) is 0 Å². The Morgan fingerprint density at radius 1 is 1.06 bits per heavy atom. The zero-order valence-corrected chi connectivity index (χ0v) is 12.6. The molecule has 1 aliphatic carbocycles. The zero-order valence-electron chi connectivity index (χ0n) is 12.6. The maximum atomic E-state index is 3.56. The summed E-state index contributed by atoms with van der Waals surface area (Å²) in [5.74, 6) is 2.88. The van der Waals surface area contributed by atoms with Gasteiger partial charge in [-0.25, -0.2) is 0 Å². The average Bonchev–Trinajstić information content (AvgIpc) is 2.36. The number of nitrogens with zero attached hydrogens (tertiary/aromatic N) is 1. The summed E-state index contributed by atoms with van der Waals surface area (Å²) in [6, 6.07) is 0.622. The van der Waals surface area contributed by atoms with Gasteiger partial charge in [-0.1, -0.05) is 40.0 Å². The molecule has 0 amide bonds. The molecule has 0 radical (unpaired) electrons. The summed E-state index contributed by atoms with van der Waals surface area (Å²) in [7, 11) is 0. The normalized spacial score (nSPS) is 31.3. The molecule has 2 aliphatic rings. The van der Waals surface area contributed by atoms with Gasteiger partial charge in [0.1, 0.15) is 0 Å². The minimum Gasteiger partial charge on any atom is -0.314 e. The summed E-state index contributed by atoms with van der Waals surface area (Å²) >= 11 is 0. The Morgan fingerprint density at radius 2 is 1.78 bits per heavy atom. The molecule has 2 heteroatoms. The second kappa shape index (κ2) is 6.91. The van der Waals surface area contributed by atoms with Gasteiger partial charge in [-0.05, 0) is 43.7 Å². The Kier molecular flexibility index (Phi) is 5.50. The first-order valence-corrected chi connectivity index (χ1v) is 8.11. The van der Waals surface area contributed by atoms with Crippen LogP contribution in [0, 0.1) is 17.8 Å². The maximum Gasteiger partial charge on any atom is 0.00193 e. The van der Waals surface area contributed by atoms with Gasteiger partial charge in [0, 0.05) is 19.1 Å². The number of nitrogens with one attached hydrogen (secondary N) is 1. The Hall–Kier alpha value is -0.0800. The maximum absolute atomic E-state index is 3.56. The average molecular weight is 252 g/mol. The fourth-order valence-corrected chi connectivity index (χ4v) is 3.78. The first-order chi connectivity index (χ1) is 8.65. The molecule has 2 rings (SSSR count). The molecule has 106 valence electrons. The molecule has 2 nitrogen and oxygen atoms in total. The van der Waals surface area contributed by atoms with Crippen molar-refractivity contribution in [3.8, 4) is 0 Å². The van der Waals surface area contributed by atoms with Crippen molar-refractivity contribution in [1.82, 2.24) is 10.2 Å². The molecular weight excluding hydrogens is 220 g/mol. The highest BCUT2D eigenvalue weighted by Gasteiger charge is 2.31. The zero-order chi connectivity index (χ0) is 13.0. The molecule has 18 heavy (non-hydrogen) atoms. The highest BCUT2D eigenvalue weighted by molar-refractivity contribution is 4.84.